The molecule has 0 bridgehead atoms. The predicted molar refractivity (Wildman–Crippen MR) is 250 cm³/mol. The third kappa shape index (κ3) is 32.6. The van der Waals surface area contributed by atoms with Crippen LogP contribution in [-0.2, 0) is 19.2 Å². The van der Waals surface area contributed by atoms with Gasteiger partial charge in [-0.05, 0) is 105 Å². The van der Waals surface area contributed by atoms with E-state index in [2.05, 4.69) is 124 Å². The van der Waals surface area contributed by atoms with Gasteiger partial charge < -0.3 is 20.4 Å². The van der Waals surface area contributed by atoms with E-state index in [1.54, 1.807) is 0 Å². The number of unbranched alkanes of at least 4 members (excludes halogenated alkanes) is 6. The van der Waals surface area contributed by atoms with Crippen LogP contribution < -0.4 is 10.6 Å². The molecule has 334 valence electrons. The summed E-state index contributed by atoms with van der Waals surface area (Å²) in [5.74, 6) is 19.2. The zero-order chi connectivity index (χ0) is 44.1. The molecule has 0 radical (unpaired) electrons. The van der Waals surface area contributed by atoms with Crippen LogP contribution in [0.25, 0.3) is 0 Å². The Hall–Kier alpha value is -4.22. The highest BCUT2D eigenvalue weighted by Gasteiger charge is 2.23. The minimum Gasteiger partial charge on any atom is -0.353 e. The molecule has 0 unspecified atom stereocenters. The van der Waals surface area contributed by atoms with Gasteiger partial charge in [-0.3, -0.25) is 19.2 Å². The minimum atomic E-state index is 0.148. The smallest absolute Gasteiger partial charge is 0.222 e. The fourth-order valence-corrected chi connectivity index (χ4v) is 6.14. The lowest BCUT2D eigenvalue weighted by Gasteiger charge is -2.26. The van der Waals surface area contributed by atoms with E-state index in [0.29, 0.717) is 69.5 Å². The van der Waals surface area contributed by atoms with Crippen LogP contribution in [0.15, 0.2) is 36.5 Å². The molecule has 2 saturated carbocycles. The first kappa shape index (κ1) is 53.8. The molecule has 2 N–H and O–H groups in total. The first-order valence-electron chi connectivity index (χ1n) is 23.6. The van der Waals surface area contributed by atoms with Gasteiger partial charge in [-0.2, -0.15) is 0 Å². The molecule has 60 heavy (non-hydrogen) atoms. The molecule has 0 saturated heterocycles. The number of hydrogen-bond donors (Lipinski definition) is 2. The third-order valence-electron chi connectivity index (χ3n) is 10.0. The minimum absolute atomic E-state index is 0.148. The van der Waals surface area contributed by atoms with Gasteiger partial charge in [0, 0.05) is 75.8 Å². The molecular weight excluding hydrogens is 745 g/mol. The monoisotopic (exact) mass is 827 g/mol. The van der Waals surface area contributed by atoms with E-state index in [0.717, 1.165) is 116 Å². The van der Waals surface area contributed by atoms with E-state index in [9.17, 15) is 19.2 Å². The Morgan fingerprint density at radius 1 is 0.517 bits per heavy atom. The van der Waals surface area contributed by atoms with Crippen molar-refractivity contribution >= 4 is 23.6 Å². The SMILES string of the molecule is CCCCCC(=O)N(CC/C=C\C/C=C\C/C=C\CCCC(=O)NC1CC1)C(C)C.CCCCCC(=O)N(CCC#CCC#CCC#CCCCC(=O)NC1CC1)C(C)C. The van der Waals surface area contributed by atoms with Crippen molar-refractivity contribution in [2.75, 3.05) is 13.1 Å². The standard InChI is InChI=1S/C26H44N2O2.C26H38N2O2/c2*1-4-5-15-19-26(30)28(23(2)3)22-17-14-12-10-8-6-7-9-11-13-16-18-25(29)27-24-20-21-24/h6,8-9,11-12,14,23-24H,4-5,7,10,13,15-22H2,1-3H3,(H,27,29);23-24H,4-5,7,10,13,15-22H2,1-3H3,(H,27,29)/b8-6-,11-9-,14-12-;. The summed E-state index contributed by atoms with van der Waals surface area (Å²) in [4.78, 5) is 51.6. The Labute approximate surface area is 367 Å². The molecule has 4 amide bonds. The van der Waals surface area contributed by atoms with Crippen molar-refractivity contribution in [1.29, 1.82) is 0 Å². The fraction of sp³-hybridized carbons (Fsp3) is 0.692. The van der Waals surface area contributed by atoms with Gasteiger partial charge in [-0.25, -0.2) is 0 Å². The van der Waals surface area contributed by atoms with E-state index >= 15 is 0 Å². The highest BCUT2D eigenvalue weighted by atomic mass is 16.2. The average molecular weight is 827 g/mol. The summed E-state index contributed by atoms with van der Waals surface area (Å²) in [5.41, 5.74) is 0. The second-order valence-electron chi connectivity index (χ2n) is 16.5. The zero-order valence-corrected chi connectivity index (χ0v) is 38.7. The first-order valence-corrected chi connectivity index (χ1v) is 23.6. The van der Waals surface area contributed by atoms with Crippen LogP contribution in [0.5, 0.6) is 0 Å². The number of allylic oxidation sites excluding steroid dienone is 5. The molecule has 0 aromatic heterocycles. The highest BCUT2D eigenvalue weighted by Crippen LogP contribution is 2.19. The van der Waals surface area contributed by atoms with E-state index in [1.165, 1.54) is 0 Å². The maximum Gasteiger partial charge on any atom is 0.222 e. The molecule has 0 spiro atoms. The molecule has 2 aliphatic carbocycles. The lowest BCUT2D eigenvalue weighted by molar-refractivity contribution is -0.133. The van der Waals surface area contributed by atoms with Gasteiger partial charge >= 0.3 is 0 Å². The Balaban J connectivity index is 0.000000600. The van der Waals surface area contributed by atoms with Crippen molar-refractivity contribution in [2.24, 2.45) is 0 Å². The van der Waals surface area contributed by atoms with Crippen LogP contribution in [0.2, 0.25) is 0 Å². The van der Waals surface area contributed by atoms with Crippen molar-refractivity contribution in [3.8, 4) is 35.5 Å². The fourth-order valence-electron chi connectivity index (χ4n) is 6.14. The van der Waals surface area contributed by atoms with Crippen LogP contribution >= 0.6 is 0 Å². The average Bonchev–Trinajstić information content (AvgIpc) is 4.16. The van der Waals surface area contributed by atoms with E-state index in [4.69, 9.17) is 0 Å². The number of carbonyl (C=O) groups is 4. The van der Waals surface area contributed by atoms with Gasteiger partial charge in [0.05, 0.1) is 12.8 Å². The highest BCUT2D eigenvalue weighted by molar-refractivity contribution is 5.77. The van der Waals surface area contributed by atoms with E-state index < -0.39 is 0 Å². The summed E-state index contributed by atoms with van der Waals surface area (Å²) in [5, 5.41) is 6.00. The van der Waals surface area contributed by atoms with Crippen LogP contribution in [-0.4, -0.2) is 70.7 Å². The van der Waals surface area contributed by atoms with Gasteiger partial charge in [0.15, 0.2) is 0 Å². The first-order chi connectivity index (χ1) is 29.1. The van der Waals surface area contributed by atoms with Gasteiger partial charge in [0.25, 0.3) is 0 Å². The summed E-state index contributed by atoms with van der Waals surface area (Å²) in [6.07, 6.45) is 34.6. The number of rotatable bonds is 28. The van der Waals surface area contributed by atoms with Gasteiger partial charge in [-0.15, -0.1) is 11.8 Å². The molecule has 0 aliphatic heterocycles. The summed E-state index contributed by atoms with van der Waals surface area (Å²) in [6, 6.07) is 1.40. The van der Waals surface area contributed by atoms with Crippen molar-refractivity contribution in [3.05, 3.63) is 36.5 Å². The maximum absolute atomic E-state index is 12.3. The van der Waals surface area contributed by atoms with Crippen LogP contribution in [0, 0.1) is 35.5 Å². The molecule has 8 nitrogen and oxygen atoms in total. The predicted octanol–water partition coefficient (Wildman–Crippen LogP) is 10.5. The topological polar surface area (TPSA) is 98.8 Å². The molecule has 0 heterocycles. The third-order valence-corrected chi connectivity index (χ3v) is 10.0. The molecule has 0 aromatic rings. The molecule has 2 rings (SSSR count). The Kier molecular flexibility index (Phi) is 32.8. The summed E-state index contributed by atoms with van der Waals surface area (Å²) in [6.45, 7) is 14.1. The molecule has 0 aromatic carbocycles. The largest absolute Gasteiger partial charge is 0.353 e. The number of hydrogen-bond acceptors (Lipinski definition) is 4. The van der Waals surface area contributed by atoms with E-state index in [1.807, 2.05) is 9.80 Å². The lowest BCUT2D eigenvalue weighted by atomic mass is 10.1. The molecular formula is C52H82N4O4. The molecule has 2 fully saturated rings. The Bertz CT molecular complexity index is 1480. The Morgan fingerprint density at radius 3 is 1.43 bits per heavy atom. The van der Waals surface area contributed by atoms with E-state index in [-0.39, 0.29) is 29.8 Å². The maximum atomic E-state index is 12.3. The number of amides is 4. The second kappa shape index (κ2) is 36.6. The lowest BCUT2D eigenvalue weighted by Crippen LogP contribution is -2.37. The van der Waals surface area contributed by atoms with Crippen molar-refractivity contribution < 1.29 is 19.2 Å². The van der Waals surface area contributed by atoms with Gasteiger partial charge in [0.2, 0.25) is 23.6 Å². The van der Waals surface area contributed by atoms with Crippen molar-refractivity contribution in [3.63, 3.8) is 0 Å². The van der Waals surface area contributed by atoms with Crippen molar-refractivity contribution in [2.45, 2.75) is 220 Å². The quantitative estimate of drug-likeness (QED) is 0.0466. The number of nitrogens with zero attached hydrogens (tertiary/aromatic N) is 2. The Morgan fingerprint density at radius 2 is 0.950 bits per heavy atom. The summed E-state index contributed by atoms with van der Waals surface area (Å²) >= 11 is 0. The van der Waals surface area contributed by atoms with Gasteiger partial charge in [-0.1, -0.05) is 99.7 Å². The van der Waals surface area contributed by atoms with Crippen LogP contribution in [0.3, 0.4) is 0 Å². The summed E-state index contributed by atoms with van der Waals surface area (Å²) in [7, 11) is 0. The zero-order valence-electron chi connectivity index (χ0n) is 38.7. The van der Waals surface area contributed by atoms with Crippen molar-refractivity contribution in [1.82, 2.24) is 20.4 Å². The number of carbonyl (C=O) groups excluding carboxylic acids is 4. The molecule has 2 aliphatic rings. The van der Waals surface area contributed by atoms with Crippen LogP contribution in [0.4, 0.5) is 0 Å². The molecule has 0 atom stereocenters. The number of nitrogens with one attached hydrogen (secondary N) is 2. The second-order valence-corrected chi connectivity index (χ2v) is 16.5. The normalized spacial score (nSPS) is 13.2. The summed E-state index contributed by atoms with van der Waals surface area (Å²) < 4.78 is 0. The molecule has 8 heteroatoms. The van der Waals surface area contributed by atoms with Crippen LogP contribution in [0.1, 0.15) is 196 Å². The van der Waals surface area contributed by atoms with Gasteiger partial charge in [0.1, 0.15) is 0 Å².